The first-order valence-electron chi connectivity index (χ1n) is 2.99. The van der Waals surface area contributed by atoms with Crippen LogP contribution in [0.3, 0.4) is 0 Å². The number of carboxylic acid groups (broad SMARTS) is 2. The van der Waals surface area contributed by atoms with Gasteiger partial charge in [-0.2, -0.15) is 0 Å². The van der Waals surface area contributed by atoms with Gasteiger partial charge in [-0.25, -0.2) is 9.59 Å². The predicted octanol–water partition coefficient (Wildman–Crippen LogP) is 1.14. The van der Waals surface area contributed by atoms with Gasteiger partial charge in [-0.15, -0.1) is 0 Å². The zero-order chi connectivity index (χ0) is 10.4. The summed E-state index contributed by atoms with van der Waals surface area (Å²) in [5.41, 5.74) is -0.500. The van der Waals surface area contributed by atoms with Crippen LogP contribution in [-0.2, 0) is 4.74 Å². The number of hydrogen-bond donors (Lipinski definition) is 3. The first-order chi connectivity index (χ1) is 5.13. The maximum atomic E-state index is 9.21. The largest absolute Gasteiger partial charge is 0.516 e. The molecular weight excluding hydrogens is 168 g/mol. The fourth-order valence-electron chi connectivity index (χ4n) is 0.0747. The molecule has 0 radical (unpaired) electrons. The summed E-state index contributed by atoms with van der Waals surface area (Å²) in [6, 6.07) is 0. The van der Waals surface area contributed by atoms with E-state index in [-0.39, 0.29) is 0 Å². The SMILES string of the molecule is CC(C)(C)O.O=C(O)OC(=O)O. The summed E-state index contributed by atoms with van der Waals surface area (Å²) >= 11 is 0. The van der Waals surface area contributed by atoms with Gasteiger partial charge in [-0.1, -0.05) is 0 Å². The number of carbonyl (C=O) groups is 2. The second kappa shape index (κ2) is 5.36. The number of rotatable bonds is 0. The van der Waals surface area contributed by atoms with Gasteiger partial charge in [-0.3, -0.25) is 0 Å². The van der Waals surface area contributed by atoms with Gasteiger partial charge in [0.2, 0.25) is 0 Å². The van der Waals surface area contributed by atoms with Crippen molar-refractivity contribution in [2.75, 3.05) is 0 Å². The van der Waals surface area contributed by atoms with Crippen LogP contribution in [0, 0.1) is 0 Å². The molecule has 0 aliphatic carbocycles. The average molecular weight is 180 g/mol. The Morgan fingerprint density at radius 2 is 1.25 bits per heavy atom. The lowest BCUT2D eigenvalue weighted by molar-refractivity contribution is 0.0801. The predicted molar refractivity (Wildman–Crippen MR) is 39.1 cm³/mol. The number of hydrogen-bond acceptors (Lipinski definition) is 4. The lowest BCUT2D eigenvalue weighted by Gasteiger charge is -2.04. The van der Waals surface area contributed by atoms with Crippen LogP contribution in [0.2, 0.25) is 0 Å². The first kappa shape index (κ1) is 13.3. The van der Waals surface area contributed by atoms with Gasteiger partial charge < -0.3 is 20.1 Å². The molecule has 0 saturated carbocycles. The van der Waals surface area contributed by atoms with Crippen molar-refractivity contribution >= 4 is 12.3 Å². The highest BCUT2D eigenvalue weighted by atomic mass is 16.7. The van der Waals surface area contributed by atoms with E-state index in [0.717, 1.165) is 0 Å². The molecule has 0 aromatic heterocycles. The minimum atomic E-state index is -1.81. The highest BCUT2D eigenvalue weighted by molar-refractivity contribution is 5.74. The summed E-state index contributed by atoms with van der Waals surface area (Å²) in [4.78, 5) is 18.4. The molecule has 0 aliphatic heterocycles. The van der Waals surface area contributed by atoms with Crippen LogP contribution in [0.5, 0.6) is 0 Å². The Hall–Kier alpha value is -1.30. The molecule has 0 fully saturated rings. The molecule has 6 nitrogen and oxygen atoms in total. The zero-order valence-electron chi connectivity index (χ0n) is 7.07. The van der Waals surface area contributed by atoms with Gasteiger partial charge in [0, 0.05) is 0 Å². The molecule has 0 atom stereocenters. The van der Waals surface area contributed by atoms with Gasteiger partial charge >= 0.3 is 12.3 Å². The van der Waals surface area contributed by atoms with Gasteiger partial charge in [0.25, 0.3) is 0 Å². The Labute approximate surface area is 69.4 Å². The van der Waals surface area contributed by atoms with Crippen molar-refractivity contribution in [1.29, 1.82) is 0 Å². The Morgan fingerprint density at radius 3 is 1.25 bits per heavy atom. The molecule has 0 spiro atoms. The van der Waals surface area contributed by atoms with Gasteiger partial charge in [0.05, 0.1) is 5.60 Å². The lowest BCUT2D eigenvalue weighted by atomic mass is 10.2. The Morgan fingerprint density at radius 1 is 1.08 bits per heavy atom. The molecule has 0 aromatic rings. The van der Waals surface area contributed by atoms with E-state index in [2.05, 4.69) is 4.74 Å². The Bertz CT molecular complexity index is 138. The summed E-state index contributed by atoms with van der Waals surface area (Å²) in [5, 5.41) is 23.5. The summed E-state index contributed by atoms with van der Waals surface area (Å²) in [6.07, 6.45) is -3.62. The molecule has 6 heteroatoms. The minimum Gasteiger partial charge on any atom is -0.449 e. The average Bonchev–Trinajstić information content (AvgIpc) is 1.52. The van der Waals surface area contributed by atoms with Crippen molar-refractivity contribution in [3.63, 3.8) is 0 Å². The van der Waals surface area contributed by atoms with Crippen LogP contribution in [0.25, 0.3) is 0 Å². The standard InChI is InChI=1S/C4H10O.C2H2O5/c1-4(2,3)5;3-1(4)7-2(5)6/h5H,1-3H3;(H,3,4)(H,5,6). The van der Waals surface area contributed by atoms with Crippen molar-refractivity contribution in [3.05, 3.63) is 0 Å². The van der Waals surface area contributed by atoms with Crippen LogP contribution in [-0.4, -0.2) is 33.2 Å². The zero-order valence-corrected chi connectivity index (χ0v) is 7.07. The second-order valence-corrected chi connectivity index (χ2v) is 2.80. The van der Waals surface area contributed by atoms with E-state index in [4.69, 9.17) is 15.3 Å². The molecule has 3 N–H and O–H groups in total. The van der Waals surface area contributed by atoms with Gasteiger partial charge in [0.1, 0.15) is 0 Å². The molecular formula is C6H12O6. The molecule has 0 unspecified atom stereocenters. The van der Waals surface area contributed by atoms with E-state index in [9.17, 15) is 9.59 Å². The van der Waals surface area contributed by atoms with Gasteiger partial charge in [0.15, 0.2) is 0 Å². The molecule has 0 aromatic carbocycles. The lowest BCUT2D eigenvalue weighted by Crippen LogP contribution is -2.10. The van der Waals surface area contributed by atoms with Crippen molar-refractivity contribution in [2.45, 2.75) is 26.4 Å². The van der Waals surface area contributed by atoms with Crippen LogP contribution in [0.1, 0.15) is 20.8 Å². The maximum Gasteiger partial charge on any atom is 0.516 e. The Kier molecular flexibility index (Phi) is 5.94. The first-order valence-corrected chi connectivity index (χ1v) is 2.99. The third kappa shape index (κ3) is 70.8. The maximum absolute atomic E-state index is 9.21. The fraction of sp³-hybridized carbons (Fsp3) is 0.667. The van der Waals surface area contributed by atoms with E-state index >= 15 is 0 Å². The minimum absolute atomic E-state index is 0.500. The molecule has 0 rings (SSSR count). The summed E-state index contributed by atoms with van der Waals surface area (Å²) in [5.74, 6) is 0. The number of ether oxygens (including phenoxy) is 1. The number of aliphatic hydroxyl groups is 1. The highest BCUT2D eigenvalue weighted by Gasteiger charge is 2.01. The van der Waals surface area contributed by atoms with E-state index in [0.29, 0.717) is 0 Å². The molecule has 0 aliphatic rings. The normalized spacial score (nSPS) is 9.33. The molecule has 0 amide bonds. The fourth-order valence-corrected chi connectivity index (χ4v) is 0.0747. The molecule has 72 valence electrons. The smallest absolute Gasteiger partial charge is 0.449 e. The third-order valence-electron chi connectivity index (χ3n) is 0.175. The van der Waals surface area contributed by atoms with E-state index in [1.165, 1.54) is 0 Å². The topological polar surface area (TPSA) is 104 Å². The van der Waals surface area contributed by atoms with E-state index < -0.39 is 17.9 Å². The van der Waals surface area contributed by atoms with Crippen LogP contribution in [0.4, 0.5) is 9.59 Å². The summed E-state index contributed by atoms with van der Waals surface area (Å²) < 4.78 is 3.08. The van der Waals surface area contributed by atoms with Gasteiger partial charge in [-0.05, 0) is 20.8 Å². The summed E-state index contributed by atoms with van der Waals surface area (Å²) in [7, 11) is 0. The van der Waals surface area contributed by atoms with Crippen LogP contribution in [0.15, 0.2) is 0 Å². The van der Waals surface area contributed by atoms with E-state index in [1.807, 2.05) is 0 Å². The second-order valence-electron chi connectivity index (χ2n) is 2.80. The van der Waals surface area contributed by atoms with Crippen molar-refractivity contribution < 1.29 is 29.6 Å². The highest BCUT2D eigenvalue weighted by Crippen LogP contribution is 1.93. The monoisotopic (exact) mass is 180 g/mol. The molecule has 0 saturated heterocycles. The Balaban J connectivity index is 0. The van der Waals surface area contributed by atoms with Crippen molar-refractivity contribution in [1.82, 2.24) is 0 Å². The molecule has 12 heavy (non-hydrogen) atoms. The third-order valence-corrected chi connectivity index (χ3v) is 0.175. The van der Waals surface area contributed by atoms with Crippen molar-refractivity contribution in [2.24, 2.45) is 0 Å². The molecule has 0 heterocycles. The summed E-state index contributed by atoms with van der Waals surface area (Å²) in [6.45, 7) is 5.23. The van der Waals surface area contributed by atoms with E-state index in [1.54, 1.807) is 20.8 Å². The van der Waals surface area contributed by atoms with Crippen LogP contribution < -0.4 is 0 Å². The molecule has 0 bridgehead atoms. The van der Waals surface area contributed by atoms with Crippen molar-refractivity contribution in [3.8, 4) is 0 Å². The van der Waals surface area contributed by atoms with Crippen LogP contribution >= 0.6 is 0 Å². The quantitative estimate of drug-likeness (QED) is 0.381.